The molecule has 5 rings (SSSR count). The molecule has 12 nitrogen and oxygen atoms in total. The Balaban J connectivity index is 1.47. The number of carbonyl (C=O) groups is 2. The summed E-state index contributed by atoms with van der Waals surface area (Å²) in [7, 11) is 0. The van der Waals surface area contributed by atoms with Crippen LogP contribution in [0.3, 0.4) is 0 Å². The fraction of sp³-hybridized carbons (Fsp3) is 0.154. The lowest BCUT2D eigenvalue weighted by atomic mass is 10.1. The third-order valence-electron chi connectivity index (χ3n) is 5.93. The molecule has 5 aromatic rings. The minimum Gasteiger partial charge on any atom is -0.346 e. The van der Waals surface area contributed by atoms with Crippen LogP contribution in [0.5, 0.6) is 0 Å². The van der Waals surface area contributed by atoms with Crippen molar-refractivity contribution in [3.05, 3.63) is 104 Å². The normalized spacial score (nSPS) is 11.4. The average Bonchev–Trinajstić information content (AvgIpc) is 3.61. The van der Waals surface area contributed by atoms with Crippen LogP contribution in [-0.2, 0) is 19.3 Å². The van der Waals surface area contributed by atoms with Crippen LogP contribution in [-0.4, -0.2) is 51.8 Å². The standard InChI is InChI=1S/C26H18Cl3F3N10O2/c1-13-7-15(28)9-18(23(43)35-11-16-8-14(27)4-6-33-16)21(13)36-24(44)20-10-17(12-41-39-25(37-40-41)26(30,31)32)38-42(20)22-19(29)3-2-5-34-22/h2-10H,11-12H2,1H3,(H,35,43)(H,36,44). The van der Waals surface area contributed by atoms with E-state index in [4.69, 9.17) is 34.8 Å². The van der Waals surface area contributed by atoms with E-state index in [2.05, 4.69) is 41.1 Å². The quantitative estimate of drug-likeness (QED) is 0.231. The van der Waals surface area contributed by atoms with Gasteiger partial charge < -0.3 is 10.6 Å². The highest BCUT2D eigenvalue weighted by molar-refractivity contribution is 6.32. The molecule has 4 heterocycles. The molecule has 0 bridgehead atoms. The number of hydrogen-bond acceptors (Lipinski definition) is 8. The molecule has 226 valence electrons. The Hall–Kier alpha value is -4.60. The fourth-order valence-corrected chi connectivity index (χ4v) is 4.67. The maximum Gasteiger partial charge on any atom is 0.455 e. The van der Waals surface area contributed by atoms with Gasteiger partial charge in [0.2, 0.25) is 0 Å². The lowest BCUT2D eigenvalue weighted by molar-refractivity contribution is -0.145. The van der Waals surface area contributed by atoms with Crippen LogP contribution in [0.15, 0.2) is 54.9 Å². The van der Waals surface area contributed by atoms with Crippen LogP contribution < -0.4 is 10.6 Å². The number of amides is 2. The molecule has 0 radical (unpaired) electrons. The highest BCUT2D eigenvalue weighted by Crippen LogP contribution is 2.28. The number of halogens is 6. The molecule has 0 saturated carbocycles. The smallest absolute Gasteiger partial charge is 0.346 e. The number of rotatable bonds is 8. The molecule has 0 aliphatic rings. The summed E-state index contributed by atoms with van der Waals surface area (Å²) in [5.41, 5.74) is 1.14. The fourth-order valence-electron chi connectivity index (χ4n) is 4.01. The Morgan fingerprint density at radius 1 is 0.932 bits per heavy atom. The van der Waals surface area contributed by atoms with Crippen molar-refractivity contribution in [2.75, 3.05) is 5.32 Å². The molecule has 1 aromatic carbocycles. The number of nitrogens with zero attached hydrogens (tertiary/aromatic N) is 8. The molecule has 2 N–H and O–H groups in total. The Labute approximate surface area is 261 Å². The van der Waals surface area contributed by atoms with E-state index in [1.807, 2.05) is 0 Å². The predicted molar refractivity (Wildman–Crippen MR) is 153 cm³/mol. The summed E-state index contributed by atoms with van der Waals surface area (Å²) in [6.45, 7) is 1.31. The first-order valence-corrected chi connectivity index (χ1v) is 13.6. The number of hydrogen-bond donors (Lipinski definition) is 2. The van der Waals surface area contributed by atoms with E-state index in [9.17, 15) is 22.8 Å². The first kappa shape index (κ1) is 30.8. The number of tetrazole rings is 1. The SMILES string of the molecule is Cc1cc(Cl)cc(C(=O)NCc2cc(Cl)ccn2)c1NC(=O)c1cc(Cn2nnc(C(F)(F)F)n2)nn1-c1ncccc1Cl. The summed E-state index contributed by atoms with van der Waals surface area (Å²) < 4.78 is 40.0. The van der Waals surface area contributed by atoms with Crippen molar-refractivity contribution < 1.29 is 22.8 Å². The number of aromatic nitrogens is 8. The van der Waals surface area contributed by atoms with Crippen LogP contribution in [0.2, 0.25) is 15.1 Å². The van der Waals surface area contributed by atoms with Crippen molar-refractivity contribution in [2.45, 2.75) is 26.2 Å². The van der Waals surface area contributed by atoms with Crippen molar-refractivity contribution >= 4 is 52.3 Å². The van der Waals surface area contributed by atoms with E-state index >= 15 is 0 Å². The molecule has 0 saturated heterocycles. The molecule has 0 unspecified atom stereocenters. The number of carbonyl (C=O) groups excluding carboxylic acids is 2. The van der Waals surface area contributed by atoms with Gasteiger partial charge in [-0.25, -0.2) is 9.67 Å². The van der Waals surface area contributed by atoms with E-state index in [0.29, 0.717) is 21.1 Å². The van der Waals surface area contributed by atoms with Gasteiger partial charge in [-0.2, -0.15) is 23.1 Å². The van der Waals surface area contributed by atoms with Gasteiger partial charge in [-0.15, -0.1) is 10.2 Å². The van der Waals surface area contributed by atoms with Gasteiger partial charge in [0.1, 0.15) is 12.2 Å². The first-order chi connectivity index (χ1) is 20.9. The third kappa shape index (κ3) is 6.96. The molecular weight excluding hydrogens is 648 g/mol. The second kappa shape index (κ2) is 12.6. The van der Waals surface area contributed by atoms with Crippen LogP contribution in [0.25, 0.3) is 5.82 Å². The number of benzene rings is 1. The Kier molecular flexibility index (Phi) is 8.80. The Bertz CT molecular complexity index is 1880. The monoisotopic (exact) mass is 664 g/mol. The summed E-state index contributed by atoms with van der Waals surface area (Å²) in [6.07, 6.45) is -1.88. The lowest BCUT2D eigenvalue weighted by Gasteiger charge is -2.15. The minimum atomic E-state index is -4.80. The largest absolute Gasteiger partial charge is 0.455 e. The predicted octanol–water partition coefficient (Wildman–Crippen LogP) is 5.17. The van der Waals surface area contributed by atoms with Gasteiger partial charge in [0.25, 0.3) is 17.6 Å². The van der Waals surface area contributed by atoms with Gasteiger partial charge in [-0.1, -0.05) is 34.8 Å². The minimum absolute atomic E-state index is 0.0407. The number of aryl methyl sites for hydroxylation is 1. The van der Waals surface area contributed by atoms with Gasteiger partial charge in [0, 0.05) is 22.4 Å². The van der Waals surface area contributed by atoms with Gasteiger partial charge in [-0.05, 0) is 60.2 Å². The van der Waals surface area contributed by atoms with E-state index in [1.165, 1.54) is 30.6 Å². The van der Waals surface area contributed by atoms with Crippen molar-refractivity contribution in [2.24, 2.45) is 0 Å². The number of anilines is 1. The topological polar surface area (TPSA) is 145 Å². The molecule has 0 aliphatic carbocycles. The van der Waals surface area contributed by atoms with Crippen molar-refractivity contribution in [1.82, 2.24) is 45.3 Å². The number of alkyl halides is 3. The molecule has 2 amide bonds. The van der Waals surface area contributed by atoms with E-state index in [-0.39, 0.29) is 51.6 Å². The first-order valence-electron chi connectivity index (χ1n) is 12.4. The molecule has 0 aliphatic heterocycles. The maximum atomic E-state index is 13.7. The van der Waals surface area contributed by atoms with Gasteiger partial charge >= 0.3 is 6.18 Å². The summed E-state index contributed by atoms with van der Waals surface area (Å²) in [5.74, 6) is -2.68. The molecule has 0 spiro atoms. The van der Waals surface area contributed by atoms with Gasteiger partial charge in [0.15, 0.2) is 5.82 Å². The van der Waals surface area contributed by atoms with E-state index in [0.717, 1.165) is 4.68 Å². The highest BCUT2D eigenvalue weighted by atomic mass is 35.5. The zero-order valence-corrected chi connectivity index (χ0v) is 24.5. The van der Waals surface area contributed by atoms with Crippen LogP contribution in [0, 0.1) is 6.92 Å². The molecule has 18 heteroatoms. The van der Waals surface area contributed by atoms with Crippen molar-refractivity contribution in [3.8, 4) is 5.82 Å². The zero-order chi connectivity index (χ0) is 31.6. The van der Waals surface area contributed by atoms with Crippen LogP contribution >= 0.6 is 34.8 Å². The lowest BCUT2D eigenvalue weighted by Crippen LogP contribution is -2.26. The maximum absolute atomic E-state index is 13.7. The van der Waals surface area contributed by atoms with Crippen molar-refractivity contribution in [3.63, 3.8) is 0 Å². The highest BCUT2D eigenvalue weighted by Gasteiger charge is 2.37. The number of pyridine rings is 2. The second-order valence-electron chi connectivity index (χ2n) is 9.13. The second-order valence-corrected chi connectivity index (χ2v) is 10.4. The van der Waals surface area contributed by atoms with E-state index < -0.39 is 23.8 Å². The summed E-state index contributed by atoms with van der Waals surface area (Å²) in [4.78, 5) is 36.0. The van der Waals surface area contributed by atoms with Crippen LogP contribution in [0.4, 0.5) is 18.9 Å². The van der Waals surface area contributed by atoms with Gasteiger partial charge in [0.05, 0.1) is 34.2 Å². The Morgan fingerprint density at radius 2 is 1.73 bits per heavy atom. The summed E-state index contributed by atoms with van der Waals surface area (Å²) in [5, 5.41) is 20.3. The number of nitrogens with one attached hydrogen (secondary N) is 2. The molecular formula is C26H18Cl3F3N10O2. The summed E-state index contributed by atoms with van der Waals surface area (Å²) in [6, 6.07) is 10.5. The molecule has 0 fully saturated rings. The molecule has 4 aromatic heterocycles. The average molecular weight is 666 g/mol. The third-order valence-corrected chi connectivity index (χ3v) is 6.68. The van der Waals surface area contributed by atoms with E-state index in [1.54, 1.807) is 31.2 Å². The Morgan fingerprint density at radius 3 is 2.43 bits per heavy atom. The zero-order valence-electron chi connectivity index (χ0n) is 22.3. The van der Waals surface area contributed by atoms with Crippen LogP contribution in [0.1, 0.15) is 43.6 Å². The molecule has 0 atom stereocenters. The summed E-state index contributed by atoms with van der Waals surface area (Å²) >= 11 is 18.6. The van der Waals surface area contributed by atoms with Gasteiger partial charge in [-0.3, -0.25) is 14.6 Å². The molecule has 44 heavy (non-hydrogen) atoms. The van der Waals surface area contributed by atoms with Crippen molar-refractivity contribution in [1.29, 1.82) is 0 Å².